The molecule has 13 heavy (non-hydrogen) atoms. The fraction of sp³-hybridized carbons (Fsp3) is 0.200. The van der Waals surface area contributed by atoms with Crippen molar-refractivity contribution in [2.45, 2.75) is 12.8 Å². The van der Waals surface area contributed by atoms with Crippen molar-refractivity contribution in [3.63, 3.8) is 0 Å². The van der Waals surface area contributed by atoms with Crippen LogP contribution in [-0.2, 0) is 12.8 Å². The van der Waals surface area contributed by atoms with Gasteiger partial charge in [-0.2, -0.15) is 11.3 Å². The van der Waals surface area contributed by atoms with Gasteiger partial charge in [0.1, 0.15) is 0 Å². The molecule has 0 N–H and O–H groups in total. The van der Waals surface area contributed by atoms with E-state index in [2.05, 4.69) is 44.2 Å². The van der Waals surface area contributed by atoms with Crippen molar-refractivity contribution in [3.05, 3.63) is 43.2 Å². The van der Waals surface area contributed by atoms with Crippen molar-refractivity contribution in [1.29, 1.82) is 0 Å². The van der Waals surface area contributed by atoms with Gasteiger partial charge in [0.25, 0.3) is 0 Å². The molecule has 0 aliphatic heterocycles. The predicted octanol–water partition coefficient (Wildman–Crippen LogP) is 4.36. The fourth-order valence-corrected chi connectivity index (χ4v) is 3.45. The minimum absolute atomic E-state index is 1.15. The van der Waals surface area contributed by atoms with Crippen LogP contribution in [0.4, 0.5) is 0 Å². The summed E-state index contributed by atoms with van der Waals surface area (Å²) in [5.74, 6) is 0. The van der Waals surface area contributed by atoms with Crippen molar-refractivity contribution in [2.75, 3.05) is 0 Å². The molecule has 0 atom stereocenters. The first kappa shape index (κ1) is 9.44. The number of rotatable bonds is 3. The second-order valence-corrected chi connectivity index (χ2v) is 5.46. The highest BCUT2D eigenvalue weighted by atomic mass is 79.9. The van der Waals surface area contributed by atoms with E-state index in [1.54, 1.807) is 11.3 Å². The molecule has 0 amide bonds. The van der Waals surface area contributed by atoms with Crippen molar-refractivity contribution >= 4 is 38.6 Å². The molecule has 0 saturated heterocycles. The summed E-state index contributed by atoms with van der Waals surface area (Å²) in [5, 5.41) is 6.49. The lowest BCUT2D eigenvalue weighted by Gasteiger charge is -1.96. The van der Waals surface area contributed by atoms with E-state index in [-0.39, 0.29) is 0 Å². The predicted molar refractivity (Wildman–Crippen MR) is 63.7 cm³/mol. The van der Waals surface area contributed by atoms with E-state index >= 15 is 0 Å². The van der Waals surface area contributed by atoms with Crippen LogP contribution in [0, 0.1) is 0 Å². The van der Waals surface area contributed by atoms with Crippen LogP contribution in [0.25, 0.3) is 0 Å². The molecule has 0 aliphatic carbocycles. The summed E-state index contributed by atoms with van der Waals surface area (Å²) < 4.78 is 1.26. The third kappa shape index (κ3) is 2.42. The molecule has 0 unspecified atom stereocenters. The van der Waals surface area contributed by atoms with E-state index in [4.69, 9.17) is 0 Å². The smallest absolute Gasteiger partial charge is 0.0314 e. The first-order valence-electron chi connectivity index (χ1n) is 4.09. The molecule has 2 aromatic heterocycles. The van der Waals surface area contributed by atoms with Gasteiger partial charge in [0, 0.05) is 9.35 Å². The van der Waals surface area contributed by atoms with Crippen LogP contribution in [0.1, 0.15) is 10.4 Å². The Morgan fingerprint density at radius 3 is 2.69 bits per heavy atom. The molecular weight excluding hydrogens is 264 g/mol. The molecule has 0 spiro atoms. The summed E-state index contributed by atoms with van der Waals surface area (Å²) in [6.45, 7) is 0. The first-order valence-corrected chi connectivity index (χ1v) is 6.71. The molecule has 0 aromatic carbocycles. The molecule has 2 heterocycles. The Balaban J connectivity index is 1.97. The maximum absolute atomic E-state index is 3.54. The molecule has 68 valence electrons. The van der Waals surface area contributed by atoms with Gasteiger partial charge in [0.15, 0.2) is 0 Å². The number of aryl methyl sites for hydroxylation is 2. The average Bonchev–Trinajstić information content (AvgIpc) is 2.72. The number of hydrogen-bond acceptors (Lipinski definition) is 2. The highest BCUT2D eigenvalue weighted by molar-refractivity contribution is 9.10. The Labute approximate surface area is 94.4 Å². The number of hydrogen-bond donors (Lipinski definition) is 0. The summed E-state index contributed by atoms with van der Waals surface area (Å²) >= 11 is 7.14. The Morgan fingerprint density at radius 1 is 1.15 bits per heavy atom. The van der Waals surface area contributed by atoms with E-state index in [0.717, 1.165) is 12.8 Å². The Morgan fingerprint density at radius 2 is 2.08 bits per heavy atom. The highest BCUT2D eigenvalue weighted by Gasteiger charge is 2.01. The maximum atomic E-state index is 3.54. The Hall–Kier alpha value is -0.120. The molecule has 0 bridgehead atoms. The second kappa shape index (κ2) is 4.40. The standard InChI is InChI=1S/C10H9BrS2/c11-9-4-6-13-10(9)2-1-8-3-5-12-7-8/h3-7H,1-2H2. The second-order valence-electron chi connectivity index (χ2n) is 2.82. The van der Waals surface area contributed by atoms with E-state index < -0.39 is 0 Å². The minimum atomic E-state index is 1.15. The highest BCUT2D eigenvalue weighted by Crippen LogP contribution is 2.24. The largest absolute Gasteiger partial charge is 0.152 e. The third-order valence-corrected chi connectivity index (χ3v) is 4.63. The fourth-order valence-electron chi connectivity index (χ4n) is 1.20. The maximum Gasteiger partial charge on any atom is 0.0314 e. The molecule has 0 aliphatic rings. The summed E-state index contributed by atoms with van der Waals surface area (Å²) in [6, 6.07) is 4.32. The van der Waals surface area contributed by atoms with E-state index in [1.165, 1.54) is 14.9 Å². The monoisotopic (exact) mass is 272 g/mol. The third-order valence-electron chi connectivity index (χ3n) is 1.91. The van der Waals surface area contributed by atoms with Crippen molar-refractivity contribution in [2.24, 2.45) is 0 Å². The van der Waals surface area contributed by atoms with Crippen LogP contribution in [0.3, 0.4) is 0 Å². The summed E-state index contributed by atoms with van der Waals surface area (Å²) in [5.41, 5.74) is 1.45. The first-order chi connectivity index (χ1) is 6.36. The molecule has 2 rings (SSSR count). The van der Waals surface area contributed by atoms with Gasteiger partial charge in [-0.15, -0.1) is 11.3 Å². The molecule has 2 aromatic rings. The van der Waals surface area contributed by atoms with E-state index in [0.29, 0.717) is 0 Å². The van der Waals surface area contributed by atoms with E-state index in [1.807, 2.05) is 11.3 Å². The van der Waals surface area contributed by atoms with Crippen LogP contribution in [0.2, 0.25) is 0 Å². The van der Waals surface area contributed by atoms with Gasteiger partial charge in [-0.05, 0) is 62.6 Å². The molecule has 0 saturated carbocycles. The molecular formula is C10H9BrS2. The lowest BCUT2D eigenvalue weighted by molar-refractivity contribution is 0.983. The Kier molecular flexibility index (Phi) is 3.19. The van der Waals surface area contributed by atoms with Crippen LogP contribution in [0.15, 0.2) is 32.7 Å². The number of thiophene rings is 2. The van der Waals surface area contributed by atoms with Crippen LogP contribution < -0.4 is 0 Å². The quantitative estimate of drug-likeness (QED) is 0.779. The molecule has 0 nitrogen and oxygen atoms in total. The van der Waals surface area contributed by atoms with Crippen molar-refractivity contribution in [1.82, 2.24) is 0 Å². The van der Waals surface area contributed by atoms with Crippen molar-refractivity contribution < 1.29 is 0 Å². The van der Waals surface area contributed by atoms with Gasteiger partial charge in [-0.3, -0.25) is 0 Å². The minimum Gasteiger partial charge on any atom is -0.152 e. The van der Waals surface area contributed by atoms with Gasteiger partial charge < -0.3 is 0 Å². The lowest BCUT2D eigenvalue weighted by atomic mass is 10.2. The van der Waals surface area contributed by atoms with Crippen molar-refractivity contribution in [3.8, 4) is 0 Å². The van der Waals surface area contributed by atoms with Gasteiger partial charge in [-0.25, -0.2) is 0 Å². The lowest BCUT2D eigenvalue weighted by Crippen LogP contribution is -1.86. The molecule has 0 radical (unpaired) electrons. The molecule has 0 fully saturated rings. The summed E-state index contributed by atoms with van der Waals surface area (Å²) in [4.78, 5) is 1.45. The Bertz CT molecular complexity index is 362. The topological polar surface area (TPSA) is 0 Å². The van der Waals surface area contributed by atoms with Gasteiger partial charge >= 0.3 is 0 Å². The van der Waals surface area contributed by atoms with Gasteiger partial charge in [-0.1, -0.05) is 0 Å². The summed E-state index contributed by atoms with van der Waals surface area (Å²) in [7, 11) is 0. The molecule has 3 heteroatoms. The van der Waals surface area contributed by atoms with Gasteiger partial charge in [0.2, 0.25) is 0 Å². The van der Waals surface area contributed by atoms with Crippen LogP contribution in [-0.4, -0.2) is 0 Å². The SMILES string of the molecule is Brc1ccsc1CCc1ccsc1. The summed E-state index contributed by atoms with van der Waals surface area (Å²) in [6.07, 6.45) is 2.30. The van der Waals surface area contributed by atoms with Gasteiger partial charge in [0.05, 0.1) is 0 Å². The van der Waals surface area contributed by atoms with Crippen LogP contribution in [0.5, 0.6) is 0 Å². The zero-order chi connectivity index (χ0) is 9.10. The zero-order valence-electron chi connectivity index (χ0n) is 7.00. The number of halogens is 1. The zero-order valence-corrected chi connectivity index (χ0v) is 10.2. The van der Waals surface area contributed by atoms with E-state index in [9.17, 15) is 0 Å². The van der Waals surface area contributed by atoms with Crippen LogP contribution >= 0.6 is 38.6 Å². The normalized spacial score (nSPS) is 10.5. The average molecular weight is 273 g/mol.